The van der Waals surface area contributed by atoms with Crippen molar-refractivity contribution >= 4 is 28.5 Å². The Hall–Kier alpha value is -4.25. The van der Waals surface area contributed by atoms with Gasteiger partial charge in [0, 0.05) is 24.3 Å². The molecule has 11 nitrogen and oxygen atoms in total. The summed E-state index contributed by atoms with van der Waals surface area (Å²) in [5.41, 5.74) is 3.35. The van der Waals surface area contributed by atoms with Crippen molar-refractivity contribution in [1.29, 1.82) is 0 Å². The number of nitrogens with zero attached hydrogens (tertiary/aromatic N) is 4. The molecule has 0 aliphatic carbocycles. The van der Waals surface area contributed by atoms with Gasteiger partial charge in [0.25, 0.3) is 5.56 Å². The number of hydrogen-bond donors (Lipinski definition) is 3. The summed E-state index contributed by atoms with van der Waals surface area (Å²) in [4.78, 5) is 40.4. The van der Waals surface area contributed by atoms with Gasteiger partial charge in [-0.3, -0.25) is 24.6 Å². The van der Waals surface area contributed by atoms with Crippen LogP contribution < -0.4 is 16.2 Å². The van der Waals surface area contributed by atoms with Crippen molar-refractivity contribution < 1.29 is 14.0 Å². The predicted molar refractivity (Wildman–Crippen MR) is 133 cm³/mol. The van der Waals surface area contributed by atoms with E-state index in [0.29, 0.717) is 35.6 Å². The Morgan fingerprint density at radius 3 is 2.61 bits per heavy atom. The van der Waals surface area contributed by atoms with Crippen LogP contribution in [0.1, 0.15) is 34.4 Å². The van der Waals surface area contributed by atoms with Crippen LogP contribution in [0.25, 0.3) is 16.5 Å². The predicted octanol–water partition coefficient (Wildman–Crippen LogP) is 2.05. The molecule has 0 bridgehead atoms. The number of carbonyl (C=O) groups is 2. The zero-order valence-electron chi connectivity index (χ0n) is 20.5. The second kappa shape index (κ2) is 9.08. The third-order valence-electron chi connectivity index (χ3n) is 6.53. The molecule has 3 aromatic heterocycles. The number of H-pyrrole nitrogens is 1. The Kier molecular flexibility index (Phi) is 5.92. The number of benzene rings is 1. The smallest absolute Gasteiger partial charge is 0.277 e. The fourth-order valence-corrected chi connectivity index (χ4v) is 4.95. The van der Waals surface area contributed by atoms with E-state index < -0.39 is 17.5 Å². The molecular weight excluding hydrogens is 462 g/mol. The highest BCUT2D eigenvalue weighted by molar-refractivity contribution is 6.02. The molecule has 2 amide bonds. The van der Waals surface area contributed by atoms with Crippen LogP contribution in [0.4, 0.5) is 5.88 Å². The van der Waals surface area contributed by atoms with E-state index in [1.165, 1.54) is 0 Å². The van der Waals surface area contributed by atoms with Gasteiger partial charge in [-0.1, -0.05) is 18.2 Å². The highest BCUT2D eigenvalue weighted by Gasteiger charge is 2.36. The topological polar surface area (TPSA) is 138 Å². The third-order valence-corrected chi connectivity index (χ3v) is 6.53. The Balaban J connectivity index is 1.44. The van der Waals surface area contributed by atoms with E-state index >= 15 is 0 Å². The minimum absolute atomic E-state index is 0.0709. The lowest BCUT2D eigenvalue weighted by Crippen LogP contribution is -2.52. The van der Waals surface area contributed by atoms with Crippen molar-refractivity contribution in [2.75, 3.05) is 25.0 Å². The van der Waals surface area contributed by atoms with E-state index in [-0.39, 0.29) is 23.7 Å². The summed E-state index contributed by atoms with van der Waals surface area (Å²) in [5, 5.41) is 17.5. The SMILES string of the molecule is Cc1nn(-c2ccccc2)c(C)c1C1C(=O)NCCN1CC(=O)Nc1oc(C)c2c(C)n[nH]c(=O)c12. The van der Waals surface area contributed by atoms with Gasteiger partial charge < -0.3 is 9.73 Å². The molecular formula is C25H27N7O4. The number of carbonyl (C=O) groups excluding carboxylic acids is 2. The first-order valence-electron chi connectivity index (χ1n) is 11.7. The van der Waals surface area contributed by atoms with Crippen molar-refractivity contribution in [3.8, 4) is 5.69 Å². The number of hydrogen-bond acceptors (Lipinski definition) is 7. The number of piperazine rings is 1. The third kappa shape index (κ3) is 3.97. The summed E-state index contributed by atoms with van der Waals surface area (Å²) in [6, 6.07) is 9.00. The number of nitrogens with one attached hydrogen (secondary N) is 3. The molecule has 0 spiro atoms. The number of para-hydroxylation sites is 1. The van der Waals surface area contributed by atoms with Crippen LogP contribution in [0.15, 0.2) is 39.5 Å². The van der Waals surface area contributed by atoms with Gasteiger partial charge in [-0.2, -0.15) is 10.2 Å². The number of anilines is 1. The van der Waals surface area contributed by atoms with Crippen molar-refractivity contribution in [3.63, 3.8) is 0 Å². The largest absolute Gasteiger partial charge is 0.444 e. The maximum Gasteiger partial charge on any atom is 0.277 e. The van der Waals surface area contributed by atoms with E-state index in [9.17, 15) is 14.4 Å². The van der Waals surface area contributed by atoms with Gasteiger partial charge in [0.05, 0.1) is 29.0 Å². The van der Waals surface area contributed by atoms with Gasteiger partial charge in [0.15, 0.2) is 0 Å². The molecule has 1 aliphatic heterocycles. The van der Waals surface area contributed by atoms with Crippen molar-refractivity contribution in [2.24, 2.45) is 0 Å². The van der Waals surface area contributed by atoms with Gasteiger partial charge in [-0.15, -0.1) is 0 Å². The number of aromatic nitrogens is 4. The molecule has 0 saturated carbocycles. The highest BCUT2D eigenvalue weighted by Crippen LogP contribution is 2.31. The fourth-order valence-electron chi connectivity index (χ4n) is 4.95. The second-order valence-electron chi connectivity index (χ2n) is 8.92. The van der Waals surface area contributed by atoms with Gasteiger partial charge in [-0.25, -0.2) is 9.78 Å². The lowest BCUT2D eigenvalue weighted by molar-refractivity contribution is -0.130. The molecule has 0 radical (unpaired) electrons. The molecule has 1 aliphatic rings. The first kappa shape index (κ1) is 23.5. The highest BCUT2D eigenvalue weighted by atomic mass is 16.4. The van der Waals surface area contributed by atoms with Crippen molar-refractivity contribution in [3.05, 3.63) is 69.1 Å². The first-order chi connectivity index (χ1) is 17.3. The van der Waals surface area contributed by atoms with Crippen LogP contribution in [0.2, 0.25) is 0 Å². The molecule has 3 N–H and O–H groups in total. The standard InChI is InChI=1S/C25H27N7O4/c1-13-20-16(4)36-25(21(20)23(34)29-28-13)27-18(33)12-31-11-10-26-24(35)22(31)19-14(2)30-32(15(19)3)17-8-6-5-7-9-17/h5-9,22H,10-12H2,1-4H3,(H,26,35)(H,27,33)(H,29,34). The van der Waals surface area contributed by atoms with Gasteiger partial charge in [0.2, 0.25) is 17.7 Å². The minimum atomic E-state index is -0.688. The van der Waals surface area contributed by atoms with Gasteiger partial charge in [0.1, 0.15) is 17.2 Å². The zero-order chi connectivity index (χ0) is 25.6. The van der Waals surface area contributed by atoms with E-state index in [1.807, 2.05) is 53.8 Å². The number of amides is 2. The molecule has 4 heterocycles. The number of furan rings is 1. The molecule has 36 heavy (non-hydrogen) atoms. The van der Waals surface area contributed by atoms with Crippen LogP contribution >= 0.6 is 0 Å². The van der Waals surface area contributed by atoms with Crippen LogP contribution in [0.3, 0.4) is 0 Å². The van der Waals surface area contributed by atoms with E-state index in [4.69, 9.17) is 4.42 Å². The Bertz CT molecular complexity index is 1530. The summed E-state index contributed by atoms with van der Waals surface area (Å²) in [6.07, 6.45) is 0. The van der Waals surface area contributed by atoms with Crippen LogP contribution in [0.5, 0.6) is 0 Å². The Morgan fingerprint density at radius 2 is 1.86 bits per heavy atom. The number of aromatic amines is 1. The van der Waals surface area contributed by atoms with E-state index in [1.54, 1.807) is 13.8 Å². The Morgan fingerprint density at radius 1 is 1.11 bits per heavy atom. The molecule has 5 rings (SSSR count). The van der Waals surface area contributed by atoms with Gasteiger partial charge in [-0.05, 0) is 39.8 Å². The molecule has 11 heteroatoms. The molecule has 1 unspecified atom stereocenters. The fraction of sp³-hybridized carbons (Fsp3) is 0.320. The monoisotopic (exact) mass is 489 g/mol. The van der Waals surface area contributed by atoms with Crippen LogP contribution in [0, 0.1) is 27.7 Å². The number of rotatable bonds is 5. The summed E-state index contributed by atoms with van der Waals surface area (Å²) in [5.74, 6) is -0.0250. The lowest BCUT2D eigenvalue weighted by atomic mass is 10.00. The summed E-state index contributed by atoms with van der Waals surface area (Å²) in [7, 11) is 0. The Labute approximate surface area is 206 Å². The first-order valence-corrected chi connectivity index (χ1v) is 11.7. The van der Waals surface area contributed by atoms with Crippen molar-refractivity contribution in [2.45, 2.75) is 33.7 Å². The number of fused-ring (bicyclic) bond motifs is 1. The molecule has 1 atom stereocenters. The second-order valence-corrected chi connectivity index (χ2v) is 8.92. The quantitative estimate of drug-likeness (QED) is 0.390. The summed E-state index contributed by atoms with van der Waals surface area (Å²) in [6.45, 7) is 8.07. The molecule has 1 saturated heterocycles. The number of aryl methyl sites for hydroxylation is 3. The molecule has 4 aromatic rings. The average Bonchev–Trinajstić information content (AvgIpc) is 3.33. The maximum atomic E-state index is 13.1. The maximum absolute atomic E-state index is 13.1. The molecule has 1 aromatic carbocycles. The lowest BCUT2D eigenvalue weighted by Gasteiger charge is -2.34. The van der Waals surface area contributed by atoms with Crippen LogP contribution in [-0.4, -0.2) is 56.3 Å². The minimum Gasteiger partial charge on any atom is -0.444 e. The molecule has 1 fully saturated rings. The summed E-state index contributed by atoms with van der Waals surface area (Å²) < 4.78 is 7.52. The zero-order valence-corrected chi connectivity index (χ0v) is 20.5. The van der Waals surface area contributed by atoms with E-state index in [2.05, 4.69) is 25.9 Å². The van der Waals surface area contributed by atoms with E-state index in [0.717, 1.165) is 16.9 Å². The van der Waals surface area contributed by atoms with Crippen LogP contribution in [-0.2, 0) is 9.59 Å². The summed E-state index contributed by atoms with van der Waals surface area (Å²) >= 11 is 0. The average molecular weight is 490 g/mol. The van der Waals surface area contributed by atoms with Crippen molar-refractivity contribution in [1.82, 2.24) is 30.2 Å². The van der Waals surface area contributed by atoms with Gasteiger partial charge >= 0.3 is 0 Å². The normalized spacial score (nSPS) is 16.3. The molecule has 186 valence electrons.